The smallest absolute Gasteiger partial charge is 0.292 e. The van der Waals surface area contributed by atoms with Gasteiger partial charge in [-0.15, -0.1) is 5.11 Å². The molecule has 1 aromatic carbocycles. The van der Waals surface area contributed by atoms with Gasteiger partial charge in [-0.3, -0.25) is 15.0 Å². The van der Waals surface area contributed by atoms with Crippen LogP contribution in [-0.4, -0.2) is 14.8 Å². The highest BCUT2D eigenvalue weighted by Gasteiger charge is 2.13. The van der Waals surface area contributed by atoms with Gasteiger partial charge in [-0.1, -0.05) is 18.2 Å². The Kier molecular flexibility index (Phi) is 3.04. The molecule has 0 aliphatic heterocycles. The molecule has 0 amide bonds. The van der Waals surface area contributed by atoms with Crippen LogP contribution in [0.15, 0.2) is 63.7 Å². The third kappa shape index (κ3) is 2.18. The molecule has 3 aromatic rings. The maximum atomic E-state index is 11.8. The Labute approximate surface area is 114 Å². The van der Waals surface area contributed by atoms with E-state index in [1.54, 1.807) is 0 Å². The average molecular weight is 267 g/mol. The van der Waals surface area contributed by atoms with Crippen molar-refractivity contribution in [3.05, 3.63) is 59.0 Å². The molecule has 0 saturated heterocycles. The number of nitrogens with zero attached hydrogens (tertiary/aromatic N) is 3. The second kappa shape index (κ2) is 5.00. The van der Waals surface area contributed by atoms with E-state index in [-0.39, 0.29) is 11.2 Å². The van der Waals surface area contributed by atoms with Crippen LogP contribution in [0, 0.1) is 0 Å². The second-order valence-corrected chi connectivity index (χ2v) is 4.34. The SMILES string of the molecule is Cn1cccc1-c1[nH][nH]c(=O)c1N=Nc1ccccc1. The molecule has 0 aliphatic rings. The van der Waals surface area contributed by atoms with E-state index in [0.29, 0.717) is 11.4 Å². The van der Waals surface area contributed by atoms with E-state index >= 15 is 0 Å². The minimum atomic E-state index is -0.291. The fourth-order valence-corrected chi connectivity index (χ4v) is 1.96. The van der Waals surface area contributed by atoms with E-state index in [1.165, 1.54) is 0 Å². The minimum Gasteiger partial charge on any atom is -0.349 e. The summed E-state index contributed by atoms with van der Waals surface area (Å²) in [7, 11) is 1.90. The molecular formula is C14H13N5O. The van der Waals surface area contributed by atoms with Gasteiger partial charge in [0.1, 0.15) is 5.69 Å². The molecule has 6 nitrogen and oxygen atoms in total. The third-order valence-electron chi connectivity index (χ3n) is 2.97. The lowest BCUT2D eigenvalue weighted by atomic mass is 10.3. The Morgan fingerprint density at radius 3 is 2.50 bits per heavy atom. The van der Waals surface area contributed by atoms with Crippen molar-refractivity contribution in [2.45, 2.75) is 0 Å². The van der Waals surface area contributed by atoms with Crippen molar-refractivity contribution < 1.29 is 0 Å². The van der Waals surface area contributed by atoms with Gasteiger partial charge >= 0.3 is 0 Å². The number of hydrogen-bond donors (Lipinski definition) is 2. The van der Waals surface area contributed by atoms with Gasteiger partial charge in [0.2, 0.25) is 0 Å². The van der Waals surface area contributed by atoms with Crippen LogP contribution in [0.2, 0.25) is 0 Å². The summed E-state index contributed by atoms with van der Waals surface area (Å²) < 4.78 is 1.90. The van der Waals surface area contributed by atoms with Crippen LogP contribution >= 0.6 is 0 Å². The lowest BCUT2D eigenvalue weighted by Crippen LogP contribution is -1.96. The van der Waals surface area contributed by atoms with Crippen molar-refractivity contribution in [2.75, 3.05) is 0 Å². The number of benzene rings is 1. The molecule has 20 heavy (non-hydrogen) atoms. The fraction of sp³-hybridized carbons (Fsp3) is 0.0714. The van der Waals surface area contributed by atoms with Gasteiger partial charge in [-0.05, 0) is 24.3 Å². The summed E-state index contributed by atoms with van der Waals surface area (Å²) in [5.74, 6) is 0. The van der Waals surface area contributed by atoms with Gasteiger partial charge < -0.3 is 4.57 Å². The predicted molar refractivity (Wildman–Crippen MR) is 76.4 cm³/mol. The molecular weight excluding hydrogens is 254 g/mol. The van der Waals surface area contributed by atoms with Crippen LogP contribution in [-0.2, 0) is 7.05 Å². The molecule has 6 heteroatoms. The highest BCUT2D eigenvalue weighted by atomic mass is 16.1. The summed E-state index contributed by atoms with van der Waals surface area (Å²) in [6, 6.07) is 13.1. The van der Waals surface area contributed by atoms with E-state index in [2.05, 4.69) is 20.4 Å². The molecule has 0 bridgehead atoms. The van der Waals surface area contributed by atoms with Crippen LogP contribution in [0.4, 0.5) is 11.4 Å². The van der Waals surface area contributed by atoms with Crippen molar-refractivity contribution >= 4 is 11.4 Å². The summed E-state index contributed by atoms with van der Waals surface area (Å²) in [4.78, 5) is 11.8. The first-order chi connectivity index (χ1) is 9.75. The van der Waals surface area contributed by atoms with E-state index in [0.717, 1.165) is 5.69 Å². The van der Waals surface area contributed by atoms with Gasteiger partial charge in [-0.25, -0.2) is 0 Å². The van der Waals surface area contributed by atoms with E-state index in [1.807, 2.05) is 60.3 Å². The number of aromatic nitrogens is 3. The number of nitrogens with one attached hydrogen (secondary N) is 2. The van der Waals surface area contributed by atoms with Gasteiger partial charge in [0.05, 0.1) is 11.4 Å². The van der Waals surface area contributed by atoms with Gasteiger partial charge in [0, 0.05) is 13.2 Å². The van der Waals surface area contributed by atoms with Crippen molar-refractivity contribution in [2.24, 2.45) is 17.3 Å². The van der Waals surface area contributed by atoms with Crippen molar-refractivity contribution in [3.63, 3.8) is 0 Å². The first-order valence-electron chi connectivity index (χ1n) is 6.15. The van der Waals surface area contributed by atoms with Crippen LogP contribution in [0.25, 0.3) is 11.4 Å². The maximum absolute atomic E-state index is 11.8. The highest BCUT2D eigenvalue weighted by Crippen LogP contribution is 2.26. The lowest BCUT2D eigenvalue weighted by Gasteiger charge is -2.00. The van der Waals surface area contributed by atoms with E-state index < -0.39 is 0 Å². The Balaban J connectivity index is 2.03. The van der Waals surface area contributed by atoms with Crippen LogP contribution in [0.5, 0.6) is 0 Å². The summed E-state index contributed by atoms with van der Waals surface area (Å²) in [5.41, 5.74) is 2.18. The zero-order chi connectivity index (χ0) is 13.9. The van der Waals surface area contributed by atoms with Crippen LogP contribution in [0.1, 0.15) is 0 Å². The van der Waals surface area contributed by atoms with Crippen molar-refractivity contribution in [1.82, 2.24) is 14.8 Å². The molecule has 0 fully saturated rings. The molecule has 3 rings (SSSR count). The molecule has 100 valence electrons. The zero-order valence-electron chi connectivity index (χ0n) is 10.9. The first-order valence-corrected chi connectivity index (χ1v) is 6.15. The number of rotatable bonds is 3. The molecule has 0 saturated carbocycles. The Bertz CT molecular complexity index is 794. The highest BCUT2D eigenvalue weighted by molar-refractivity contribution is 5.68. The molecule has 2 N–H and O–H groups in total. The monoisotopic (exact) mass is 267 g/mol. The third-order valence-corrected chi connectivity index (χ3v) is 2.97. The zero-order valence-corrected chi connectivity index (χ0v) is 10.9. The summed E-state index contributed by atoms with van der Waals surface area (Å²) in [5, 5.41) is 13.5. The minimum absolute atomic E-state index is 0.274. The molecule has 0 spiro atoms. The van der Waals surface area contributed by atoms with Crippen LogP contribution < -0.4 is 5.56 Å². The first kappa shape index (κ1) is 12.2. The Morgan fingerprint density at radius 1 is 1.00 bits per heavy atom. The molecule has 2 heterocycles. The molecule has 2 aromatic heterocycles. The molecule has 0 aliphatic carbocycles. The Morgan fingerprint density at radius 2 is 1.80 bits per heavy atom. The fourth-order valence-electron chi connectivity index (χ4n) is 1.96. The van der Waals surface area contributed by atoms with E-state index in [9.17, 15) is 4.79 Å². The summed E-state index contributed by atoms with van der Waals surface area (Å²) in [6.07, 6.45) is 1.90. The topological polar surface area (TPSA) is 78.3 Å². The number of H-pyrrole nitrogens is 2. The van der Waals surface area contributed by atoms with Crippen molar-refractivity contribution in [1.29, 1.82) is 0 Å². The summed E-state index contributed by atoms with van der Waals surface area (Å²) in [6.45, 7) is 0. The Hall–Kier alpha value is -2.89. The predicted octanol–water partition coefficient (Wildman–Crippen LogP) is 3.12. The van der Waals surface area contributed by atoms with Gasteiger partial charge in [-0.2, -0.15) is 5.11 Å². The number of hydrogen-bond acceptors (Lipinski definition) is 3. The molecule has 0 atom stereocenters. The largest absolute Gasteiger partial charge is 0.349 e. The number of aryl methyl sites for hydroxylation is 1. The van der Waals surface area contributed by atoms with Crippen LogP contribution in [0.3, 0.4) is 0 Å². The number of aromatic amines is 2. The maximum Gasteiger partial charge on any atom is 0.292 e. The second-order valence-electron chi connectivity index (χ2n) is 4.34. The number of azo groups is 1. The van der Waals surface area contributed by atoms with E-state index in [4.69, 9.17) is 0 Å². The molecule has 0 radical (unpaired) electrons. The van der Waals surface area contributed by atoms with Crippen molar-refractivity contribution in [3.8, 4) is 11.4 Å². The lowest BCUT2D eigenvalue weighted by molar-refractivity contribution is 0.925. The summed E-state index contributed by atoms with van der Waals surface area (Å²) >= 11 is 0. The molecule has 0 unspecified atom stereocenters. The standard InChI is InChI=1S/C14H13N5O/c1-19-9-5-8-11(19)12-13(14(20)18-16-12)17-15-10-6-3-2-4-7-10/h2-9H,1H3,(H2,16,18,20). The quantitative estimate of drug-likeness (QED) is 0.702. The average Bonchev–Trinajstić information content (AvgIpc) is 3.04. The normalized spacial score (nSPS) is 11.2. The van der Waals surface area contributed by atoms with Gasteiger partial charge in [0.15, 0.2) is 5.69 Å². The van der Waals surface area contributed by atoms with Gasteiger partial charge in [0.25, 0.3) is 5.56 Å².